The number of amides is 1. The molecule has 0 N–H and O–H groups in total. The number of hydrogen-bond acceptors (Lipinski definition) is 3. The molecule has 1 heterocycles. The lowest BCUT2D eigenvalue weighted by Crippen LogP contribution is -2.41. The molecule has 0 spiro atoms. The van der Waals surface area contributed by atoms with Crippen LogP contribution in [0.25, 0.3) is 0 Å². The van der Waals surface area contributed by atoms with Crippen LogP contribution >= 0.6 is 0 Å². The fourth-order valence-corrected chi connectivity index (χ4v) is 3.00. The smallest absolute Gasteiger partial charge is 0.417 e. The van der Waals surface area contributed by atoms with E-state index in [0.717, 1.165) is 4.90 Å². The van der Waals surface area contributed by atoms with E-state index < -0.39 is 46.8 Å². The number of rotatable bonds is 4. The van der Waals surface area contributed by atoms with Gasteiger partial charge in [-0.2, -0.15) is 26.3 Å². The van der Waals surface area contributed by atoms with Crippen LogP contribution in [0.2, 0.25) is 0 Å². The van der Waals surface area contributed by atoms with Crippen LogP contribution in [-0.2, 0) is 21.9 Å². The van der Waals surface area contributed by atoms with Gasteiger partial charge < -0.3 is 9.64 Å². The monoisotopic (exact) mass is 425 g/mol. The minimum Gasteiger partial charge on any atom is -0.465 e. The average Bonchev–Trinajstić information content (AvgIpc) is 2.63. The number of carbonyl (C=O) groups is 2. The Balaban J connectivity index is 2.17. The molecule has 1 amide bonds. The van der Waals surface area contributed by atoms with Crippen molar-refractivity contribution in [1.29, 1.82) is 0 Å². The van der Waals surface area contributed by atoms with Crippen molar-refractivity contribution < 1.29 is 40.7 Å². The number of halogens is 6. The highest BCUT2D eigenvalue weighted by molar-refractivity contribution is 5.96. The molecule has 1 fully saturated rings. The van der Waals surface area contributed by atoms with E-state index in [1.165, 1.54) is 0 Å². The van der Waals surface area contributed by atoms with Crippen molar-refractivity contribution >= 4 is 11.9 Å². The summed E-state index contributed by atoms with van der Waals surface area (Å²) in [7, 11) is 0. The number of hydrogen-bond donors (Lipinski definition) is 0. The Hall–Kier alpha value is -2.26. The van der Waals surface area contributed by atoms with Crippen LogP contribution in [0.3, 0.4) is 0 Å². The average molecular weight is 425 g/mol. The normalized spacial score (nSPS) is 16.2. The predicted octanol–water partition coefficient (Wildman–Crippen LogP) is 4.78. The molecule has 2 rings (SSSR count). The van der Waals surface area contributed by atoms with E-state index in [-0.39, 0.29) is 50.6 Å². The van der Waals surface area contributed by atoms with Crippen LogP contribution in [0.1, 0.15) is 48.2 Å². The molecule has 0 atom stereocenters. The number of benzene rings is 1. The third-order valence-corrected chi connectivity index (χ3v) is 4.56. The third-order valence-electron chi connectivity index (χ3n) is 4.56. The maximum absolute atomic E-state index is 13.2. The minimum absolute atomic E-state index is 0.0478. The van der Waals surface area contributed by atoms with Gasteiger partial charge in [0.15, 0.2) is 0 Å². The molecule has 10 heteroatoms. The van der Waals surface area contributed by atoms with E-state index in [9.17, 15) is 35.9 Å². The Morgan fingerprint density at radius 3 is 2.14 bits per heavy atom. The first-order valence-corrected chi connectivity index (χ1v) is 9.05. The summed E-state index contributed by atoms with van der Waals surface area (Å²) >= 11 is 0. The van der Waals surface area contributed by atoms with Crippen LogP contribution in [0.5, 0.6) is 0 Å². The Morgan fingerprint density at radius 1 is 1.07 bits per heavy atom. The van der Waals surface area contributed by atoms with Gasteiger partial charge >= 0.3 is 18.3 Å². The molecule has 0 radical (unpaired) electrons. The van der Waals surface area contributed by atoms with Gasteiger partial charge in [-0.15, -0.1) is 0 Å². The fourth-order valence-electron chi connectivity index (χ4n) is 3.00. The van der Waals surface area contributed by atoms with Gasteiger partial charge in [-0.1, -0.05) is 13.8 Å². The molecule has 0 bridgehead atoms. The fraction of sp³-hybridized carbons (Fsp3) is 0.579. The first-order chi connectivity index (χ1) is 13.3. The van der Waals surface area contributed by atoms with E-state index in [1.54, 1.807) is 0 Å². The molecule has 162 valence electrons. The lowest BCUT2D eigenvalue weighted by atomic mass is 9.95. The van der Waals surface area contributed by atoms with E-state index >= 15 is 0 Å². The second kappa shape index (κ2) is 8.62. The molecule has 4 nitrogen and oxygen atoms in total. The standard InChI is InChI=1S/C19H21F6NO3/c1-11(2)10-29-17(28)12-5-7-26(8-6-12)16(27)14-9-13(18(20,21)22)3-4-15(14)19(23,24)25/h3-4,9,11-12H,5-8,10H2,1-2H3. The zero-order valence-electron chi connectivity index (χ0n) is 15.9. The highest BCUT2D eigenvalue weighted by Crippen LogP contribution is 2.37. The van der Waals surface area contributed by atoms with Crippen molar-refractivity contribution in [2.24, 2.45) is 11.8 Å². The summed E-state index contributed by atoms with van der Waals surface area (Å²) in [4.78, 5) is 25.6. The first-order valence-electron chi connectivity index (χ1n) is 9.05. The molecular formula is C19H21F6NO3. The van der Waals surface area contributed by atoms with Crippen molar-refractivity contribution in [3.05, 3.63) is 34.9 Å². The number of alkyl halides is 6. The zero-order chi connectivity index (χ0) is 22.0. The number of carbonyl (C=O) groups excluding carboxylic acids is 2. The highest BCUT2D eigenvalue weighted by Gasteiger charge is 2.40. The van der Waals surface area contributed by atoms with Crippen LogP contribution in [0.15, 0.2) is 18.2 Å². The molecular weight excluding hydrogens is 404 g/mol. The molecule has 1 aliphatic heterocycles. The summed E-state index contributed by atoms with van der Waals surface area (Å²) in [6.45, 7) is 3.86. The number of piperidine rings is 1. The highest BCUT2D eigenvalue weighted by atomic mass is 19.4. The van der Waals surface area contributed by atoms with Gasteiger partial charge in [-0.05, 0) is 37.0 Å². The summed E-state index contributed by atoms with van der Waals surface area (Å²) in [5.74, 6) is -1.94. The van der Waals surface area contributed by atoms with Crippen molar-refractivity contribution in [3.63, 3.8) is 0 Å². The second-order valence-electron chi connectivity index (χ2n) is 7.35. The van der Waals surface area contributed by atoms with Gasteiger partial charge in [0.25, 0.3) is 5.91 Å². The summed E-state index contributed by atoms with van der Waals surface area (Å²) < 4.78 is 83.5. The number of nitrogens with zero attached hydrogens (tertiary/aromatic N) is 1. The third kappa shape index (κ3) is 5.86. The van der Waals surface area contributed by atoms with Crippen LogP contribution in [-0.4, -0.2) is 36.5 Å². The van der Waals surface area contributed by atoms with Gasteiger partial charge in [-0.25, -0.2) is 0 Å². The first kappa shape index (κ1) is 23.0. The molecule has 1 aromatic carbocycles. The molecule has 29 heavy (non-hydrogen) atoms. The lowest BCUT2D eigenvalue weighted by Gasteiger charge is -2.31. The van der Waals surface area contributed by atoms with Crippen molar-refractivity contribution in [2.75, 3.05) is 19.7 Å². The van der Waals surface area contributed by atoms with E-state index in [0.29, 0.717) is 6.07 Å². The van der Waals surface area contributed by atoms with Gasteiger partial charge in [0, 0.05) is 13.1 Å². The Labute approximate surface area is 163 Å². The van der Waals surface area contributed by atoms with Crippen molar-refractivity contribution in [2.45, 2.75) is 39.0 Å². The Morgan fingerprint density at radius 2 is 1.66 bits per heavy atom. The van der Waals surface area contributed by atoms with Gasteiger partial charge in [0.1, 0.15) is 0 Å². The second-order valence-corrected chi connectivity index (χ2v) is 7.35. The summed E-state index contributed by atoms with van der Waals surface area (Å²) in [5, 5.41) is 0. The molecule has 1 aromatic rings. The largest absolute Gasteiger partial charge is 0.465 e. The van der Waals surface area contributed by atoms with Crippen LogP contribution in [0.4, 0.5) is 26.3 Å². The zero-order valence-corrected chi connectivity index (χ0v) is 15.9. The molecule has 0 saturated carbocycles. The number of ether oxygens (including phenoxy) is 1. The summed E-state index contributed by atoms with van der Waals surface area (Å²) in [6, 6.07) is 0.802. The van der Waals surface area contributed by atoms with E-state index in [1.807, 2.05) is 13.8 Å². The van der Waals surface area contributed by atoms with Crippen molar-refractivity contribution in [3.8, 4) is 0 Å². The predicted molar refractivity (Wildman–Crippen MR) is 90.9 cm³/mol. The Kier molecular flexibility index (Phi) is 6.85. The quantitative estimate of drug-likeness (QED) is 0.516. The van der Waals surface area contributed by atoms with Crippen molar-refractivity contribution in [1.82, 2.24) is 4.90 Å². The summed E-state index contributed by atoms with van der Waals surface area (Å²) in [5.41, 5.74) is -3.80. The van der Waals surface area contributed by atoms with Crippen LogP contribution < -0.4 is 0 Å². The Bertz CT molecular complexity index is 749. The maximum Gasteiger partial charge on any atom is 0.417 e. The SMILES string of the molecule is CC(C)COC(=O)C1CCN(C(=O)c2cc(C(F)(F)F)ccc2C(F)(F)F)CC1. The molecule has 0 unspecified atom stereocenters. The van der Waals surface area contributed by atoms with Gasteiger partial charge in [-0.3, -0.25) is 9.59 Å². The minimum atomic E-state index is -4.98. The molecule has 1 saturated heterocycles. The van der Waals surface area contributed by atoms with Crippen LogP contribution in [0, 0.1) is 11.8 Å². The van der Waals surface area contributed by atoms with Gasteiger partial charge in [0.05, 0.1) is 29.2 Å². The van der Waals surface area contributed by atoms with E-state index in [4.69, 9.17) is 4.74 Å². The van der Waals surface area contributed by atoms with Gasteiger partial charge in [0.2, 0.25) is 0 Å². The summed E-state index contributed by atoms with van der Waals surface area (Å²) in [6.07, 6.45) is -9.52. The topological polar surface area (TPSA) is 46.6 Å². The number of likely N-dealkylation sites (tertiary alicyclic amines) is 1. The maximum atomic E-state index is 13.2. The number of esters is 1. The lowest BCUT2D eigenvalue weighted by molar-refractivity contribution is -0.151. The molecule has 0 aliphatic carbocycles. The van der Waals surface area contributed by atoms with E-state index in [2.05, 4.69) is 0 Å². The molecule has 1 aliphatic rings. The molecule has 0 aromatic heterocycles.